The van der Waals surface area contributed by atoms with Gasteiger partial charge in [0, 0.05) is 10.8 Å². The van der Waals surface area contributed by atoms with Crippen LogP contribution in [0.1, 0.15) is 60.5 Å². The van der Waals surface area contributed by atoms with Gasteiger partial charge in [-0.25, -0.2) is 13.1 Å². The van der Waals surface area contributed by atoms with Crippen LogP contribution in [0.25, 0.3) is 5.69 Å². The van der Waals surface area contributed by atoms with Crippen molar-refractivity contribution in [2.45, 2.75) is 68.3 Å². The van der Waals surface area contributed by atoms with Crippen molar-refractivity contribution >= 4 is 33.4 Å². The highest BCUT2D eigenvalue weighted by molar-refractivity contribution is 7.98. The van der Waals surface area contributed by atoms with Gasteiger partial charge in [0.2, 0.25) is 10.0 Å². The highest BCUT2D eigenvalue weighted by Crippen LogP contribution is 2.32. The molecule has 0 aliphatic heterocycles. The molecule has 4 aromatic carbocycles. The van der Waals surface area contributed by atoms with Crippen LogP contribution in [0.3, 0.4) is 0 Å². The summed E-state index contributed by atoms with van der Waals surface area (Å²) in [6.07, 6.45) is 0.375. The molecule has 0 saturated carbocycles. The fourth-order valence-corrected chi connectivity index (χ4v) is 7.28. The quantitative estimate of drug-likeness (QED) is 0.155. The molecule has 0 fully saturated rings. The van der Waals surface area contributed by atoms with Gasteiger partial charge in [-0.1, -0.05) is 122 Å². The second kappa shape index (κ2) is 13.3. The van der Waals surface area contributed by atoms with Gasteiger partial charge in [-0.2, -0.15) is 0 Å². The maximum Gasteiger partial charge on any atom is 0.241 e. The molecule has 1 aromatic heterocycles. The molecule has 0 aliphatic rings. The number of aryl methyl sites for hydroxylation is 2. The first-order chi connectivity index (χ1) is 20.9. The van der Waals surface area contributed by atoms with Gasteiger partial charge in [-0.05, 0) is 72.2 Å². The summed E-state index contributed by atoms with van der Waals surface area (Å²) in [5, 5.41) is 10.5. The Hall–Kier alpha value is -3.43. The van der Waals surface area contributed by atoms with E-state index in [0.29, 0.717) is 28.2 Å². The van der Waals surface area contributed by atoms with Crippen molar-refractivity contribution in [1.29, 1.82) is 0 Å². The Morgan fingerprint density at radius 2 is 1.57 bits per heavy atom. The second-order valence-electron chi connectivity index (χ2n) is 12.0. The minimum absolute atomic E-state index is 0.0939. The molecule has 9 heteroatoms. The van der Waals surface area contributed by atoms with Crippen molar-refractivity contribution in [1.82, 2.24) is 19.5 Å². The standard InChI is InChI=1S/C35H37ClN4O2S2/c1-24-10-9-13-27(20-24)23-43-34-38-37-33(40(34)32-22-29(36)17-14-25(32)2)31(21-26-11-7-6-8-12-26)39-44(41,42)30-18-15-28(16-19-30)35(3,4)5/h6-20,22,31,39H,21,23H2,1-5H3. The molecule has 6 nitrogen and oxygen atoms in total. The molecule has 0 saturated heterocycles. The lowest BCUT2D eigenvalue weighted by atomic mass is 9.87. The summed E-state index contributed by atoms with van der Waals surface area (Å²) in [5.74, 6) is 1.16. The lowest BCUT2D eigenvalue weighted by Gasteiger charge is -2.22. The summed E-state index contributed by atoms with van der Waals surface area (Å²) in [7, 11) is -3.92. The number of aromatic nitrogens is 3. The van der Waals surface area contributed by atoms with Gasteiger partial charge in [-0.15, -0.1) is 10.2 Å². The van der Waals surface area contributed by atoms with E-state index < -0.39 is 16.1 Å². The van der Waals surface area contributed by atoms with Crippen LogP contribution in [-0.2, 0) is 27.6 Å². The molecule has 1 unspecified atom stereocenters. The molecule has 1 heterocycles. The van der Waals surface area contributed by atoms with Crippen LogP contribution in [0.15, 0.2) is 107 Å². The summed E-state index contributed by atoms with van der Waals surface area (Å²) in [5.41, 5.74) is 6.04. The third kappa shape index (κ3) is 7.61. The number of nitrogens with one attached hydrogen (secondary N) is 1. The zero-order valence-corrected chi connectivity index (χ0v) is 28.0. The fourth-order valence-electron chi connectivity index (χ4n) is 5.02. The molecule has 44 heavy (non-hydrogen) atoms. The Morgan fingerprint density at radius 3 is 2.25 bits per heavy atom. The maximum atomic E-state index is 13.9. The molecule has 1 N–H and O–H groups in total. The summed E-state index contributed by atoms with van der Waals surface area (Å²) in [6.45, 7) is 10.4. The third-order valence-corrected chi connectivity index (χ3v) is 10.2. The van der Waals surface area contributed by atoms with Crippen LogP contribution in [0.2, 0.25) is 5.02 Å². The van der Waals surface area contributed by atoms with Gasteiger partial charge in [0.25, 0.3) is 0 Å². The fraction of sp³-hybridized carbons (Fsp3) is 0.257. The molecule has 5 rings (SSSR count). The normalized spacial score (nSPS) is 12.8. The smallest absolute Gasteiger partial charge is 0.241 e. The van der Waals surface area contributed by atoms with Gasteiger partial charge in [-0.3, -0.25) is 4.57 Å². The highest BCUT2D eigenvalue weighted by Gasteiger charge is 2.29. The molecule has 228 valence electrons. The molecule has 0 spiro atoms. The Morgan fingerprint density at radius 1 is 0.864 bits per heavy atom. The number of nitrogens with zero attached hydrogens (tertiary/aromatic N) is 3. The van der Waals surface area contributed by atoms with Crippen molar-refractivity contribution in [3.8, 4) is 5.69 Å². The monoisotopic (exact) mass is 644 g/mol. The van der Waals surface area contributed by atoms with Crippen LogP contribution in [0, 0.1) is 13.8 Å². The molecule has 0 amide bonds. The average molecular weight is 645 g/mol. The van der Waals surface area contributed by atoms with Gasteiger partial charge in [0.15, 0.2) is 11.0 Å². The molecule has 0 bridgehead atoms. The first-order valence-electron chi connectivity index (χ1n) is 14.5. The summed E-state index contributed by atoms with van der Waals surface area (Å²) >= 11 is 8.05. The van der Waals surface area contributed by atoms with Crippen LogP contribution in [-0.4, -0.2) is 23.2 Å². The molecule has 0 aliphatic carbocycles. The molecular formula is C35H37ClN4O2S2. The van der Waals surface area contributed by atoms with Crippen molar-refractivity contribution in [3.05, 3.63) is 136 Å². The Kier molecular flexibility index (Phi) is 9.65. The molecule has 1 atom stereocenters. The summed E-state index contributed by atoms with van der Waals surface area (Å²) in [4.78, 5) is 0.197. The van der Waals surface area contributed by atoms with Crippen molar-refractivity contribution < 1.29 is 8.42 Å². The summed E-state index contributed by atoms with van der Waals surface area (Å²) < 4.78 is 32.7. The zero-order valence-electron chi connectivity index (χ0n) is 25.6. The van der Waals surface area contributed by atoms with Crippen LogP contribution < -0.4 is 4.72 Å². The maximum absolute atomic E-state index is 13.9. The zero-order chi connectivity index (χ0) is 31.5. The molecule has 5 aromatic rings. The van der Waals surface area contributed by atoms with E-state index in [1.807, 2.05) is 78.2 Å². The van der Waals surface area contributed by atoms with E-state index in [9.17, 15) is 8.42 Å². The Bertz CT molecular complexity index is 1850. The van der Waals surface area contributed by atoms with Crippen molar-refractivity contribution in [2.24, 2.45) is 0 Å². The van der Waals surface area contributed by atoms with Crippen LogP contribution in [0.4, 0.5) is 0 Å². The number of hydrogen-bond acceptors (Lipinski definition) is 5. The minimum atomic E-state index is -3.92. The van der Waals surface area contributed by atoms with Gasteiger partial charge < -0.3 is 0 Å². The molecular weight excluding hydrogens is 608 g/mol. The van der Waals surface area contributed by atoms with E-state index in [1.54, 1.807) is 23.9 Å². The van der Waals surface area contributed by atoms with E-state index in [4.69, 9.17) is 11.6 Å². The minimum Gasteiger partial charge on any atom is -0.272 e. The number of thioether (sulfide) groups is 1. The van der Waals surface area contributed by atoms with Gasteiger partial charge in [0.1, 0.15) is 0 Å². The van der Waals surface area contributed by atoms with Crippen LogP contribution >= 0.6 is 23.4 Å². The predicted octanol–water partition coefficient (Wildman–Crippen LogP) is 8.39. The second-order valence-corrected chi connectivity index (χ2v) is 15.1. The number of benzene rings is 4. The van der Waals surface area contributed by atoms with Gasteiger partial charge >= 0.3 is 0 Å². The first-order valence-corrected chi connectivity index (χ1v) is 17.3. The lowest BCUT2D eigenvalue weighted by Crippen LogP contribution is -2.32. The van der Waals surface area contributed by atoms with E-state index in [1.165, 1.54) is 5.56 Å². The van der Waals surface area contributed by atoms with E-state index in [0.717, 1.165) is 27.9 Å². The van der Waals surface area contributed by atoms with E-state index in [2.05, 4.69) is 60.8 Å². The number of hydrogen-bond donors (Lipinski definition) is 1. The SMILES string of the molecule is Cc1cccc(CSc2nnc(C(Cc3ccccc3)NS(=O)(=O)c3ccc(C(C)(C)C)cc3)n2-c2cc(Cl)ccc2C)c1. The largest absolute Gasteiger partial charge is 0.272 e. The van der Waals surface area contributed by atoms with E-state index >= 15 is 0 Å². The lowest BCUT2D eigenvalue weighted by molar-refractivity contribution is 0.536. The van der Waals surface area contributed by atoms with E-state index in [-0.39, 0.29) is 10.3 Å². The summed E-state index contributed by atoms with van der Waals surface area (Å²) in [6, 6.07) is 30.2. The van der Waals surface area contributed by atoms with Crippen molar-refractivity contribution in [2.75, 3.05) is 0 Å². The van der Waals surface area contributed by atoms with Crippen molar-refractivity contribution in [3.63, 3.8) is 0 Å². The topological polar surface area (TPSA) is 76.9 Å². The predicted molar refractivity (Wildman–Crippen MR) is 180 cm³/mol. The molecule has 0 radical (unpaired) electrons. The average Bonchev–Trinajstić information content (AvgIpc) is 3.41. The number of halogens is 1. The Balaban J connectivity index is 1.59. The third-order valence-electron chi connectivity index (χ3n) is 7.44. The van der Waals surface area contributed by atoms with Crippen LogP contribution in [0.5, 0.6) is 0 Å². The number of sulfonamides is 1. The van der Waals surface area contributed by atoms with Gasteiger partial charge in [0.05, 0.1) is 16.6 Å². The first kappa shape index (κ1) is 32.0. The number of rotatable bonds is 10. The Labute approximate surface area is 270 Å². The highest BCUT2D eigenvalue weighted by atomic mass is 35.5.